The molecule has 0 saturated heterocycles. The standard InChI is InChI=1S/C20H17F4N3O2/c1-10(13-9-25-19(28)17-12(13)4-6-15(22)18(17)24)27(2)20(29)26-8-11-3-5-14(21)16(23)7-11/h3-7,9-10H,8H2,1-2H3,(H,25,28)(H,26,29)/t10-/m1/s1. The van der Waals surface area contributed by atoms with Gasteiger partial charge in [-0.05, 0) is 41.6 Å². The zero-order valence-electron chi connectivity index (χ0n) is 15.5. The minimum Gasteiger partial charge on any atom is -0.334 e. The minimum atomic E-state index is -1.26. The van der Waals surface area contributed by atoms with Gasteiger partial charge in [-0.15, -0.1) is 0 Å². The molecule has 2 N–H and O–H groups in total. The third-order valence-electron chi connectivity index (χ3n) is 4.77. The number of urea groups is 1. The van der Waals surface area contributed by atoms with Crippen molar-refractivity contribution in [3.05, 3.63) is 81.3 Å². The maximum absolute atomic E-state index is 14.1. The number of benzene rings is 2. The van der Waals surface area contributed by atoms with E-state index in [0.29, 0.717) is 11.1 Å². The van der Waals surface area contributed by atoms with E-state index in [2.05, 4.69) is 10.3 Å². The second kappa shape index (κ2) is 7.94. The molecular formula is C20H17F4N3O2. The largest absolute Gasteiger partial charge is 0.334 e. The molecule has 29 heavy (non-hydrogen) atoms. The second-order valence-electron chi connectivity index (χ2n) is 6.55. The summed E-state index contributed by atoms with van der Waals surface area (Å²) in [5, 5.41) is 2.32. The summed E-state index contributed by atoms with van der Waals surface area (Å²) in [7, 11) is 1.47. The summed E-state index contributed by atoms with van der Waals surface area (Å²) >= 11 is 0. The fourth-order valence-electron chi connectivity index (χ4n) is 2.99. The fraction of sp³-hybridized carbons (Fsp3) is 0.200. The number of rotatable bonds is 4. The van der Waals surface area contributed by atoms with Gasteiger partial charge in [0.05, 0.1) is 11.4 Å². The Hall–Kier alpha value is -3.36. The van der Waals surface area contributed by atoms with Gasteiger partial charge in [0.25, 0.3) is 5.56 Å². The molecule has 1 aromatic heterocycles. The Bertz CT molecular complexity index is 1150. The molecule has 9 heteroatoms. The van der Waals surface area contributed by atoms with Gasteiger partial charge in [-0.2, -0.15) is 0 Å². The number of hydrogen-bond donors (Lipinski definition) is 2. The van der Waals surface area contributed by atoms with Gasteiger partial charge in [-0.25, -0.2) is 22.4 Å². The third kappa shape index (κ3) is 3.94. The number of hydrogen-bond acceptors (Lipinski definition) is 2. The van der Waals surface area contributed by atoms with Gasteiger partial charge < -0.3 is 15.2 Å². The number of nitrogens with one attached hydrogen (secondary N) is 2. The molecule has 152 valence electrons. The van der Waals surface area contributed by atoms with Crippen molar-refractivity contribution in [3.8, 4) is 0 Å². The number of aromatic amines is 1. The monoisotopic (exact) mass is 407 g/mol. The molecule has 2 amide bonds. The molecule has 0 spiro atoms. The number of halogens is 4. The van der Waals surface area contributed by atoms with Crippen LogP contribution in [0.25, 0.3) is 10.8 Å². The van der Waals surface area contributed by atoms with E-state index in [1.807, 2.05) is 0 Å². The molecular weight excluding hydrogens is 390 g/mol. The number of pyridine rings is 1. The minimum absolute atomic E-state index is 0.0424. The maximum atomic E-state index is 14.1. The van der Waals surface area contributed by atoms with Crippen molar-refractivity contribution in [3.63, 3.8) is 0 Å². The predicted octanol–water partition coefficient (Wildman–Crippen LogP) is 3.99. The van der Waals surface area contributed by atoms with Gasteiger partial charge in [-0.1, -0.05) is 12.1 Å². The van der Waals surface area contributed by atoms with E-state index in [0.717, 1.165) is 18.2 Å². The summed E-state index contributed by atoms with van der Waals surface area (Å²) in [6.45, 7) is 1.60. The SMILES string of the molecule is C[C@H](c1c[nH]c(=O)c2c(F)c(F)ccc12)N(C)C(=O)NCc1ccc(F)c(F)c1. The Morgan fingerprint density at radius 1 is 1.10 bits per heavy atom. The van der Waals surface area contributed by atoms with Crippen LogP contribution in [0.5, 0.6) is 0 Å². The Morgan fingerprint density at radius 2 is 1.79 bits per heavy atom. The van der Waals surface area contributed by atoms with Crippen LogP contribution < -0.4 is 10.9 Å². The van der Waals surface area contributed by atoms with Crippen molar-refractivity contribution in [1.29, 1.82) is 0 Å². The lowest BCUT2D eigenvalue weighted by Crippen LogP contribution is -2.38. The van der Waals surface area contributed by atoms with Crippen molar-refractivity contribution in [2.24, 2.45) is 0 Å². The van der Waals surface area contributed by atoms with Crippen LogP contribution in [0.3, 0.4) is 0 Å². The number of fused-ring (bicyclic) bond motifs is 1. The summed E-state index contributed by atoms with van der Waals surface area (Å²) in [6.07, 6.45) is 1.34. The average Bonchev–Trinajstić information content (AvgIpc) is 2.70. The molecule has 0 bridgehead atoms. The summed E-state index contributed by atoms with van der Waals surface area (Å²) in [6, 6.07) is 4.32. The highest BCUT2D eigenvalue weighted by atomic mass is 19.2. The molecule has 5 nitrogen and oxygen atoms in total. The van der Waals surface area contributed by atoms with Crippen LogP contribution in [0.1, 0.15) is 24.1 Å². The number of amides is 2. The Morgan fingerprint density at radius 3 is 2.48 bits per heavy atom. The molecule has 0 saturated carbocycles. The molecule has 1 atom stereocenters. The smallest absolute Gasteiger partial charge is 0.317 e. The molecule has 0 aliphatic heterocycles. The van der Waals surface area contributed by atoms with E-state index in [-0.39, 0.29) is 11.9 Å². The lowest BCUT2D eigenvalue weighted by atomic mass is 10.0. The molecule has 3 rings (SSSR count). The van der Waals surface area contributed by atoms with Gasteiger partial charge >= 0.3 is 6.03 Å². The summed E-state index contributed by atoms with van der Waals surface area (Å²) in [4.78, 5) is 28.0. The maximum Gasteiger partial charge on any atom is 0.317 e. The highest BCUT2D eigenvalue weighted by molar-refractivity contribution is 5.86. The zero-order chi connectivity index (χ0) is 21.3. The van der Waals surface area contributed by atoms with Gasteiger partial charge in [-0.3, -0.25) is 4.79 Å². The normalized spacial score (nSPS) is 12.1. The molecule has 0 fully saturated rings. The van der Waals surface area contributed by atoms with Crippen molar-refractivity contribution in [1.82, 2.24) is 15.2 Å². The van der Waals surface area contributed by atoms with E-state index in [1.165, 1.54) is 30.3 Å². The van der Waals surface area contributed by atoms with Crippen LogP contribution in [-0.2, 0) is 6.54 Å². The van der Waals surface area contributed by atoms with Crippen molar-refractivity contribution >= 4 is 16.8 Å². The van der Waals surface area contributed by atoms with E-state index < -0.39 is 46.3 Å². The van der Waals surface area contributed by atoms with Crippen LogP contribution >= 0.6 is 0 Å². The van der Waals surface area contributed by atoms with E-state index in [1.54, 1.807) is 6.92 Å². The third-order valence-corrected chi connectivity index (χ3v) is 4.77. The molecule has 0 unspecified atom stereocenters. The van der Waals surface area contributed by atoms with E-state index in [9.17, 15) is 27.2 Å². The number of H-pyrrole nitrogens is 1. The lowest BCUT2D eigenvalue weighted by molar-refractivity contribution is 0.194. The fourth-order valence-corrected chi connectivity index (χ4v) is 2.99. The Balaban J connectivity index is 1.82. The number of carbonyl (C=O) groups is 1. The quantitative estimate of drug-likeness (QED) is 0.643. The highest BCUT2D eigenvalue weighted by Crippen LogP contribution is 2.27. The highest BCUT2D eigenvalue weighted by Gasteiger charge is 2.22. The van der Waals surface area contributed by atoms with Gasteiger partial charge in [0.1, 0.15) is 0 Å². The molecule has 2 aromatic carbocycles. The molecule has 0 radical (unpaired) electrons. The van der Waals surface area contributed by atoms with Gasteiger partial charge in [0.2, 0.25) is 0 Å². The molecule has 3 aromatic rings. The van der Waals surface area contributed by atoms with E-state index >= 15 is 0 Å². The average molecular weight is 407 g/mol. The first-order chi connectivity index (χ1) is 13.7. The van der Waals surface area contributed by atoms with Gasteiger partial charge in [0.15, 0.2) is 23.3 Å². The first-order valence-corrected chi connectivity index (χ1v) is 8.64. The Labute approximate surface area is 163 Å². The van der Waals surface area contributed by atoms with E-state index in [4.69, 9.17) is 0 Å². The summed E-state index contributed by atoms with van der Waals surface area (Å²) in [5.41, 5.74) is -0.00675. The van der Waals surface area contributed by atoms with Crippen LogP contribution in [0.2, 0.25) is 0 Å². The van der Waals surface area contributed by atoms with Crippen molar-refractivity contribution in [2.75, 3.05) is 7.05 Å². The van der Waals surface area contributed by atoms with Crippen molar-refractivity contribution < 1.29 is 22.4 Å². The number of carbonyl (C=O) groups excluding carboxylic acids is 1. The molecule has 1 heterocycles. The van der Waals surface area contributed by atoms with Gasteiger partial charge in [0, 0.05) is 19.8 Å². The number of nitrogens with zero attached hydrogens (tertiary/aromatic N) is 1. The second-order valence-corrected chi connectivity index (χ2v) is 6.55. The van der Waals surface area contributed by atoms with Crippen LogP contribution in [0, 0.1) is 23.3 Å². The first-order valence-electron chi connectivity index (χ1n) is 8.64. The van der Waals surface area contributed by atoms with Crippen LogP contribution in [0.15, 0.2) is 41.3 Å². The van der Waals surface area contributed by atoms with Crippen LogP contribution in [0.4, 0.5) is 22.4 Å². The topological polar surface area (TPSA) is 65.2 Å². The lowest BCUT2D eigenvalue weighted by Gasteiger charge is -2.26. The van der Waals surface area contributed by atoms with Crippen LogP contribution in [-0.4, -0.2) is 23.0 Å². The Kier molecular flexibility index (Phi) is 5.58. The number of aromatic nitrogens is 1. The van der Waals surface area contributed by atoms with Crippen molar-refractivity contribution in [2.45, 2.75) is 19.5 Å². The first kappa shape index (κ1) is 20.4. The predicted molar refractivity (Wildman–Crippen MR) is 99.3 cm³/mol. The summed E-state index contributed by atoms with van der Waals surface area (Å²) in [5.74, 6) is -4.42. The summed E-state index contributed by atoms with van der Waals surface area (Å²) < 4.78 is 53.8. The zero-order valence-corrected chi connectivity index (χ0v) is 15.5. The molecule has 0 aliphatic rings. The molecule has 0 aliphatic carbocycles.